The molecule has 1 aliphatic heterocycles. The minimum atomic E-state index is -0.466. The summed E-state index contributed by atoms with van der Waals surface area (Å²) in [6.07, 6.45) is 0. The highest BCUT2D eigenvalue weighted by Gasteiger charge is 2.16. The number of nitro benzene ring substituents is 1. The molecule has 136 valence electrons. The standard InChI is InChI=1S/C19H21N3O3S/c1-14(23)16-4-7-18(19(12-16)22(24)25)20-13-15-2-5-17(6-3-15)21-8-10-26-11-9-21/h2-7,12,20H,8-11,13H2,1H3. The van der Waals surface area contributed by atoms with Crippen LogP contribution in [0.25, 0.3) is 0 Å². The predicted octanol–water partition coefficient (Wildman–Crippen LogP) is 3.96. The van der Waals surface area contributed by atoms with E-state index in [2.05, 4.69) is 22.3 Å². The van der Waals surface area contributed by atoms with Crippen LogP contribution in [-0.2, 0) is 6.54 Å². The number of ketones is 1. The molecule has 6 nitrogen and oxygen atoms in total. The normalized spacial score (nSPS) is 14.1. The number of anilines is 2. The van der Waals surface area contributed by atoms with Crippen molar-refractivity contribution in [3.63, 3.8) is 0 Å². The van der Waals surface area contributed by atoms with Gasteiger partial charge in [0.2, 0.25) is 0 Å². The van der Waals surface area contributed by atoms with Gasteiger partial charge in [0.05, 0.1) is 4.92 Å². The highest BCUT2D eigenvalue weighted by molar-refractivity contribution is 7.99. The summed E-state index contributed by atoms with van der Waals surface area (Å²) in [7, 11) is 0. The molecule has 0 saturated carbocycles. The molecule has 0 aromatic heterocycles. The molecule has 0 unspecified atom stereocenters. The number of nitrogens with zero attached hydrogens (tertiary/aromatic N) is 2. The summed E-state index contributed by atoms with van der Waals surface area (Å²) in [6, 6.07) is 12.8. The molecule has 2 aromatic carbocycles. The number of rotatable bonds is 6. The van der Waals surface area contributed by atoms with Gasteiger partial charge in [-0.15, -0.1) is 0 Å². The second kappa shape index (κ2) is 8.23. The molecule has 1 heterocycles. The smallest absolute Gasteiger partial charge is 0.293 e. The van der Waals surface area contributed by atoms with Gasteiger partial charge < -0.3 is 10.2 Å². The minimum Gasteiger partial charge on any atom is -0.375 e. The van der Waals surface area contributed by atoms with Crippen LogP contribution >= 0.6 is 11.8 Å². The first-order valence-electron chi connectivity index (χ1n) is 8.49. The molecule has 0 radical (unpaired) electrons. The number of nitro groups is 1. The van der Waals surface area contributed by atoms with Gasteiger partial charge in [-0.1, -0.05) is 12.1 Å². The van der Waals surface area contributed by atoms with E-state index in [1.165, 1.54) is 18.7 Å². The van der Waals surface area contributed by atoms with Gasteiger partial charge in [-0.3, -0.25) is 14.9 Å². The Hall–Kier alpha value is -2.54. The van der Waals surface area contributed by atoms with Crippen LogP contribution in [0.1, 0.15) is 22.8 Å². The third-order valence-electron chi connectivity index (χ3n) is 4.40. The van der Waals surface area contributed by atoms with Crippen molar-refractivity contribution in [1.82, 2.24) is 0 Å². The lowest BCUT2D eigenvalue weighted by Gasteiger charge is -2.28. The summed E-state index contributed by atoms with van der Waals surface area (Å²) in [5.74, 6) is 2.12. The molecule has 1 fully saturated rings. The van der Waals surface area contributed by atoms with Gasteiger partial charge >= 0.3 is 0 Å². The molecule has 0 atom stereocenters. The third kappa shape index (κ3) is 4.35. The molecule has 0 bridgehead atoms. The van der Waals surface area contributed by atoms with Gasteiger partial charge in [0.15, 0.2) is 5.78 Å². The number of Topliss-reactive ketones (excluding diaryl/α,β-unsaturated/α-hetero) is 1. The molecule has 0 amide bonds. The van der Waals surface area contributed by atoms with Crippen LogP contribution in [0.15, 0.2) is 42.5 Å². The van der Waals surface area contributed by atoms with Crippen LogP contribution in [0.5, 0.6) is 0 Å². The lowest BCUT2D eigenvalue weighted by molar-refractivity contribution is -0.384. The van der Waals surface area contributed by atoms with Crippen LogP contribution < -0.4 is 10.2 Å². The Bertz CT molecular complexity index is 802. The average Bonchev–Trinajstić information content (AvgIpc) is 2.67. The van der Waals surface area contributed by atoms with Gasteiger partial charge in [-0.25, -0.2) is 0 Å². The summed E-state index contributed by atoms with van der Waals surface area (Å²) >= 11 is 1.98. The first-order chi connectivity index (χ1) is 12.5. The predicted molar refractivity (Wildman–Crippen MR) is 106 cm³/mol. The molecule has 1 saturated heterocycles. The summed E-state index contributed by atoms with van der Waals surface area (Å²) in [5, 5.41) is 14.4. The van der Waals surface area contributed by atoms with Crippen LogP contribution in [0, 0.1) is 10.1 Å². The molecule has 7 heteroatoms. The van der Waals surface area contributed by atoms with Crippen LogP contribution in [0.3, 0.4) is 0 Å². The lowest BCUT2D eigenvalue weighted by Crippen LogP contribution is -2.32. The van der Waals surface area contributed by atoms with E-state index in [-0.39, 0.29) is 11.5 Å². The number of hydrogen-bond donors (Lipinski definition) is 1. The number of nitrogens with one attached hydrogen (secondary N) is 1. The van der Waals surface area contributed by atoms with E-state index in [0.29, 0.717) is 17.8 Å². The highest BCUT2D eigenvalue weighted by Crippen LogP contribution is 2.27. The molecule has 0 aliphatic carbocycles. The van der Waals surface area contributed by atoms with Crippen molar-refractivity contribution >= 4 is 34.6 Å². The Morgan fingerprint density at radius 1 is 1.19 bits per heavy atom. The largest absolute Gasteiger partial charge is 0.375 e. The molecule has 26 heavy (non-hydrogen) atoms. The van der Waals surface area contributed by atoms with Crippen molar-refractivity contribution in [3.8, 4) is 0 Å². The molecular weight excluding hydrogens is 350 g/mol. The lowest BCUT2D eigenvalue weighted by atomic mass is 10.1. The fraction of sp³-hybridized carbons (Fsp3) is 0.316. The van der Waals surface area contributed by atoms with Gasteiger partial charge in [0.1, 0.15) is 5.69 Å². The molecular formula is C19H21N3O3S. The zero-order valence-electron chi connectivity index (χ0n) is 14.6. The van der Waals surface area contributed by atoms with Gasteiger partial charge in [0.25, 0.3) is 5.69 Å². The van der Waals surface area contributed by atoms with Crippen LogP contribution in [-0.4, -0.2) is 35.3 Å². The van der Waals surface area contributed by atoms with Gasteiger partial charge in [-0.2, -0.15) is 11.8 Å². The second-order valence-corrected chi connectivity index (χ2v) is 7.39. The topological polar surface area (TPSA) is 75.5 Å². The number of hydrogen-bond acceptors (Lipinski definition) is 6. The first kappa shape index (κ1) is 18.3. The fourth-order valence-electron chi connectivity index (χ4n) is 2.89. The SMILES string of the molecule is CC(=O)c1ccc(NCc2ccc(N3CCSCC3)cc2)c([N+](=O)[O-])c1. The Labute approximate surface area is 156 Å². The highest BCUT2D eigenvalue weighted by atomic mass is 32.2. The number of thioether (sulfide) groups is 1. The molecule has 3 rings (SSSR count). The van der Waals surface area contributed by atoms with Crippen molar-refractivity contribution in [1.29, 1.82) is 0 Å². The fourth-order valence-corrected chi connectivity index (χ4v) is 3.80. The maximum Gasteiger partial charge on any atom is 0.293 e. The van der Waals surface area contributed by atoms with Gasteiger partial charge in [0, 0.05) is 48.5 Å². The van der Waals surface area contributed by atoms with E-state index in [1.54, 1.807) is 12.1 Å². The zero-order chi connectivity index (χ0) is 18.5. The second-order valence-electron chi connectivity index (χ2n) is 6.16. The summed E-state index contributed by atoms with van der Waals surface area (Å²) < 4.78 is 0. The van der Waals surface area contributed by atoms with E-state index >= 15 is 0 Å². The quantitative estimate of drug-likeness (QED) is 0.470. The minimum absolute atomic E-state index is 0.0832. The average molecular weight is 371 g/mol. The Kier molecular flexibility index (Phi) is 5.78. The van der Waals surface area contributed by atoms with Crippen molar-refractivity contribution in [2.75, 3.05) is 34.8 Å². The third-order valence-corrected chi connectivity index (χ3v) is 5.34. The molecule has 1 N–H and O–H groups in total. The van der Waals surface area contributed by atoms with E-state index in [9.17, 15) is 14.9 Å². The number of benzene rings is 2. The van der Waals surface area contributed by atoms with E-state index in [4.69, 9.17) is 0 Å². The van der Waals surface area contributed by atoms with Gasteiger partial charge in [-0.05, 0) is 36.8 Å². The summed E-state index contributed by atoms with van der Waals surface area (Å²) in [4.78, 5) is 24.6. The van der Waals surface area contributed by atoms with Crippen molar-refractivity contribution in [2.45, 2.75) is 13.5 Å². The van der Waals surface area contributed by atoms with E-state index in [1.807, 2.05) is 23.9 Å². The van der Waals surface area contributed by atoms with Crippen LogP contribution in [0.2, 0.25) is 0 Å². The molecule has 1 aliphatic rings. The van der Waals surface area contributed by atoms with Crippen LogP contribution in [0.4, 0.5) is 17.1 Å². The Balaban J connectivity index is 1.68. The van der Waals surface area contributed by atoms with E-state index < -0.39 is 4.92 Å². The summed E-state index contributed by atoms with van der Waals surface area (Å²) in [5.41, 5.74) is 2.93. The summed E-state index contributed by atoms with van der Waals surface area (Å²) in [6.45, 7) is 4.01. The maximum atomic E-state index is 11.4. The maximum absolute atomic E-state index is 11.4. The van der Waals surface area contributed by atoms with E-state index in [0.717, 1.165) is 30.2 Å². The molecule has 2 aromatic rings. The zero-order valence-corrected chi connectivity index (χ0v) is 15.4. The molecule has 0 spiro atoms. The van der Waals surface area contributed by atoms with Crippen molar-refractivity contribution in [2.24, 2.45) is 0 Å². The monoisotopic (exact) mass is 371 g/mol. The van der Waals surface area contributed by atoms with Crippen molar-refractivity contribution < 1.29 is 9.72 Å². The Morgan fingerprint density at radius 3 is 2.50 bits per heavy atom. The first-order valence-corrected chi connectivity index (χ1v) is 9.65. The van der Waals surface area contributed by atoms with Crippen molar-refractivity contribution in [3.05, 3.63) is 63.7 Å². The number of carbonyl (C=O) groups excluding carboxylic acids is 1. The Morgan fingerprint density at radius 2 is 1.88 bits per heavy atom. The number of carbonyl (C=O) groups is 1.